The minimum atomic E-state index is -0.890. The van der Waals surface area contributed by atoms with E-state index in [4.69, 9.17) is 10.8 Å². The Morgan fingerprint density at radius 1 is 1.29 bits per heavy atom. The Hall–Kier alpha value is -0.770. The second kappa shape index (κ2) is 4.17. The van der Waals surface area contributed by atoms with Crippen LogP contribution in [0.3, 0.4) is 0 Å². The van der Waals surface area contributed by atoms with Crippen molar-refractivity contribution in [2.24, 2.45) is 11.1 Å². The van der Waals surface area contributed by atoms with Gasteiger partial charge in [-0.25, -0.2) is 4.79 Å². The number of hydrogen-bond donors (Lipinski definition) is 2. The zero-order valence-electron chi connectivity index (χ0n) is 9.79. The molecule has 0 aliphatic heterocycles. The summed E-state index contributed by atoms with van der Waals surface area (Å²) in [5.41, 5.74) is 5.03. The molecule has 0 fully saturated rings. The van der Waals surface area contributed by atoms with Crippen molar-refractivity contribution in [3.63, 3.8) is 0 Å². The molecule has 14 heavy (non-hydrogen) atoms. The van der Waals surface area contributed by atoms with E-state index in [0.29, 0.717) is 13.1 Å². The normalized spacial score (nSPS) is 12.7. The van der Waals surface area contributed by atoms with E-state index in [0.717, 1.165) is 0 Å². The monoisotopic (exact) mass is 202 g/mol. The predicted molar refractivity (Wildman–Crippen MR) is 57.3 cm³/mol. The first-order valence-electron chi connectivity index (χ1n) is 4.81. The van der Waals surface area contributed by atoms with E-state index in [1.54, 1.807) is 0 Å². The van der Waals surface area contributed by atoms with Gasteiger partial charge in [-0.2, -0.15) is 0 Å². The second-order valence-corrected chi connectivity index (χ2v) is 5.41. The number of rotatable bonds is 3. The molecule has 0 aliphatic rings. The largest absolute Gasteiger partial charge is 0.465 e. The van der Waals surface area contributed by atoms with Crippen molar-refractivity contribution in [3.8, 4) is 0 Å². The molecule has 0 heterocycles. The van der Waals surface area contributed by atoms with Crippen molar-refractivity contribution in [2.45, 2.75) is 40.2 Å². The van der Waals surface area contributed by atoms with Gasteiger partial charge in [0.25, 0.3) is 0 Å². The van der Waals surface area contributed by atoms with Gasteiger partial charge in [0, 0.05) is 12.1 Å². The minimum Gasteiger partial charge on any atom is -0.465 e. The molecule has 4 heteroatoms. The number of hydrogen-bond acceptors (Lipinski definition) is 2. The summed E-state index contributed by atoms with van der Waals surface area (Å²) in [4.78, 5) is 12.5. The van der Waals surface area contributed by atoms with Crippen LogP contribution in [-0.4, -0.2) is 34.7 Å². The van der Waals surface area contributed by atoms with Crippen LogP contribution < -0.4 is 5.73 Å². The lowest BCUT2D eigenvalue weighted by atomic mass is 9.91. The molecule has 0 atom stereocenters. The third-order valence-corrected chi connectivity index (χ3v) is 2.18. The Morgan fingerprint density at radius 2 is 1.71 bits per heavy atom. The van der Waals surface area contributed by atoms with Gasteiger partial charge in [0.1, 0.15) is 0 Å². The van der Waals surface area contributed by atoms with E-state index in [2.05, 4.69) is 0 Å². The Bertz CT molecular complexity index is 207. The van der Waals surface area contributed by atoms with E-state index in [-0.39, 0.29) is 11.0 Å². The first kappa shape index (κ1) is 13.2. The van der Waals surface area contributed by atoms with Gasteiger partial charge in [0.15, 0.2) is 0 Å². The molecular formula is C10H22N2O2. The van der Waals surface area contributed by atoms with Gasteiger partial charge >= 0.3 is 6.09 Å². The highest BCUT2D eigenvalue weighted by Gasteiger charge is 2.31. The molecule has 3 N–H and O–H groups in total. The van der Waals surface area contributed by atoms with Crippen LogP contribution in [0.5, 0.6) is 0 Å². The molecule has 0 rings (SSSR count). The molecule has 0 saturated heterocycles. The lowest BCUT2D eigenvalue weighted by molar-refractivity contribution is 0.0746. The van der Waals surface area contributed by atoms with Crippen LogP contribution in [0.4, 0.5) is 4.79 Å². The Kier molecular flexibility index (Phi) is 3.94. The molecule has 0 spiro atoms. The van der Waals surface area contributed by atoms with E-state index in [1.165, 1.54) is 4.90 Å². The molecule has 0 radical (unpaired) electrons. The van der Waals surface area contributed by atoms with Crippen molar-refractivity contribution < 1.29 is 9.90 Å². The summed E-state index contributed by atoms with van der Waals surface area (Å²) in [6.07, 6.45) is -0.890. The highest BCUT2D eigenvalue weighted by atomic mass is 16.4. The maximum absolute atomic E-state index is 11.0. The van der Waals surface area contributed by atoms with Crippen LogP contribution in [0, 0.1) is 5.41 Å². The summed E-state index contributed by atoms with van der Waals surface area (Å²) in [5, 5.41) is 9.05. The van der Waals surface area contributed by atoms with E-state index < -0.39 is 6.09 Å². The third kappa shape index (κ3) is 3.96. The maximum atomic E-state index is 11.0. The Balaban J connectivity index is 4.64. The SMILES string of the molecule is CC(C)(CN)CN(C(=O)O)C(C)(C)C. The van der Waals surface area contributed by atoms with Gasteiger partial charge in [-0.15, -0.1) is 0 Å². The molecule has 0 aromatic rings. The van der Waals surface area contributed by atoms with E-state index >= 15 is 0 Å². The summed E-state index contributed by atoms with van der Waals surface area (Å²) >= 11 is 0. The first-order chi connectivity index (χ1) is 6.10. The quantitative estimate of drug-likeness (QED) is 0.732. The average Bonchev–Trinajstić information content (AvgIpc) is 1.98. The van der Waals surface area contributed by atoms with Gasteiger partial charge in [-0.05, 0) is 32.7 Å². The fraction of sp³-hybridized carbons (Fsp3) is 0.900. The molecule has 0 aromatic heterocycles. The Labute approximate surface area is 86.1 Å². The highest BCUT2D eigenvalue weighted by Crippen LogP contribution is 2.21. The highest BCUT2D eigenvalue weighted by molar-refractivity contribution is 5.66. The number of carbonyl (C=O) groups is 1. The molecule has 0 aromatic carbocycles. The zero-order valence-corrected chi connectivity index (χ0v) is 9.79. The second-order valence-electron chi connectivity index (χ2n) is 5.41. The first-order valence-corrected chi connectivity index (χ1v) is 4.81. The zero-order chi connectivity index (χ0) is 11.6. The fourth-order valence-corrected chi connectivity index (χ4v) is 1.08. The molecule has 1 amide bonds. The van der Waals surface area contributed by atoms with Crippen molar-refractivity contribution in [1.82, 2.24) is 4.90 Å². The van der Waals surface area contributed by atoms with Crippen molar-refractivity contribution in [3.05, 3.63) is 0 Å². The predicted octanol–water partition coefficient (Wildman–Crippen LogP) is 1.75. The van der Waals surface area contributed by atoms with Crippen molar-refractivity contribution in [2.75, 3.05) is 13.1 Å². The van der Waals surface area contributed by atoms with Gasteiger partial charge in [-0.3, -0.25) is 0 Å². The summed E-state index contributed by atoms with van der Waals surface area (Å²) in [5.74, 6) is 0. The molecule has 0 unspecified atom stereocenters. The van der Waals surface area contributed by atoms with Gasteiger partial charge < -0.3 is 15.7 Å². The summed E-state index contributed by atoms with van der Waals surface area (Å²) in [6.45, 7) is 10.5. The maximum Gasteiger partial charge on any atom is 0.407 e. The molecule has 0 saturated carbocycles. The summed E-state index contributed by atoms with van der Waals surface area (Å²) in [6, 6.07) is 0. The lowest BCUT2D eigenvalue weighted by Crippen LogP contribution is -2.50. The molecule has 0 aliphatic carbocycles. The fourth-order valence-electron chi connectivity index (χ4n) is 1.08. The summed E-state index contributed by atoms with van der Waals surface area (Å²) in [7, 11) is 0. The van der Waals surface area contributed by atoms with Crippen molar-refractivity contribution >= 4 is 6.09 Å². The molecule has 0 bridgehead atoms. The topological polar surface area (TPSA) is 66.6 Å². The number of amides is 1. The van der Waals surface area contributed by atoms with Crippen LogP contribution in [0.2, 0.25) is 0 Å². The van der Waals surface area contributed by atoms with Crippen LogP contribution in [0.15, 0.2) is 0 Å². The molecule has 4 nitrogen and oxygen atoms in total. The van der Waals surface area contributed by atoms with Crippen LogP contribution in [0.25, 0.3) is 0 Å². The van der Waals surface area contributed by atoms with Crippen molar-refractivity contribution in [1.29, 1.82) is 0 Å². The summed E-state index contributed by atoms with van der Waals surface area (Å²) < 4.78 is 0. The third-order valence-electron chi connectivity index (χ3n) is 2.18. The average molecular weight is 202 g/mol. The van der Waals surface area contributed by atoms with Gasteiger partial charge in [0.2, 0.25) is 0 Å². The van der Waals surface area contributed by atoms with Gasteiger partial charge in [0.05, 0.1) is 0 Å². The lowest BCUT2D eigenvalue weighted by Gasteiger charge is -2.38. The number of nitrogens with zero attached hydrogens (tertiary/aromatic N) is 1. The van der Waals surface area contributed by atoms with Crippen LogP contribution in [-0.2, 0) is 0 Å². The van der Waals surface area contributed by atoms with E-state index in [1.807, 2.05) is 34.6 Å². The smallest absolute Gasteiger partial charge is 0.407 e. The van der Waals surface area contributed by atoms with Crippen LogP contribution >= 0.6 is 0 Å². The number of carboxylic acid groups (broad SMARTS) is 1. The molecular weight excluding hydrogens is 180 g/mol. The minimum absolute atomic E-state index is 0.175. The Morgan fingerprint density at radius 3 is 1.93 bits per heavy atom. The molecule has 84 valence electrons. The standard InChI is InChI=1S/C10H22N2O2/c1-9(2,3)12(8(13)14)7-10(4,5)6-11/h6-7,11H2,1-5H3,(H,13,14). The van der Waals surface area contributed by atoms with Crippen LogP contribution in [0.1, 0.15) is 34.6 Å². The number of nitrogens with two attached hydrogens (primary N) is 1. The van der Waals surface area contributed by atoms with Gasteiger partial charge in [-0.1, -0.05) is 13.8 Å². The van der Waals surface area contributed by atoms with E-state index in [9.17, 15) is 4.79 Å².